The third kappa shape index (κ3) is 5.99. The Kier molecular flexibility index (Phi) is 6.43. The predicted octanol–water partition coefficient (Wildman–Crippen LogP) is 2.05. The summed E-state index contributed by atoms with van der Waals surface area (Å²) in [5, 5.41) is 0. The summed E-state index contributed by atoms with van der Waals surface area (Å²) in [5.41, 5.74) is 6.99. The molecule has 0 aromatic carbocycles. The van der Waals surface area contributed by atoms with E-state index >= 15 is 0 Å². The second kappa shape index (κ2) is 8.35. The summed E-state index contributed by atoms with van der Waals surface area (Å²) >= 11 is 0. The van der Waals surface area contributed by atoms with E-state index in [0.29, 0.717) is 13.0 Å². The van der Waals surface area contributed by atoms with Gasteiger partial charge in [0, 0.05) is 31.4 Å². The molecule has 1 aromatic heterocycles. The van der Waals surface area contributed by atoms with Gasteiger partial charge in [-0.2, -0.15) is 0 Å². The van der Waals surface area contributed by atoms with Gasteiger partial charge in [-0.05, 0) is 43.9 Å². The number of rotatable bonds is 10. The van der Waals surface area contributed by atoms with Crippen LogP contribution in [0.4, 0.5) is 0 Å². The summed E-state index contributed by atoms with van der Waals surface area (Å²) in [5.74, 6) is 0.934. The normalized spacial score (nSPS) is 16.6. The topological polar surface area (TPSA) is 51.4 Å². The van der Waals surface area contributed by atoms with Gasteiger partial charge in [0.2, 0.25) is 0 Å². The van der Waals surface area contributed by atoms with Crippen LogP contribution in [0, 0.1) is 5.92 Å². The first-order chi connectivity index (χ1) is 9.78. The average Bonchev–Trinajstić information content (AvgIpc) is 3.24. The van der Waals surface area contributed by atoms with Gasteiger partial charge in [-0.15, -0.1) is 0 Å². The van der Waals surface area contributed by atoms with E-state index in [0.717, 1.165) is 24.7 Å². The van der Waals surface area contributed by atoms with E-state index in [4.69, 9.17) is 10.5 Å². The first kappa shape index (κ1) is 15.4. The summed E-state index contributed by atoms with van der Waals surface area (Å²) in [6, 6.07) is 5.88. The molecule has 1 atom stereocenters. The maximum atomic E-state index is 6.00. The number of hydrogen-bond donors (Lipinski definition) is 1. The molecule has 2 rings (SSSR count). The molecule has 1 aromatic rings. The van der Waals surface area contributed by atoms with Crippen LogP contribution in [-0.4, -0.2) is 42.4 Å². The zero-order chi connectivity index (χ0) is 14.2. The third-order valence-electron chi connectivity index (χ3n) is 3.63. The Morgan fingerprint density at radius 3 is 2.90 bits per heavy atom. The van der Waals surface area contributed by atoms with Crippen LogP contribution in [0.2, 0.25) is 0 Å². The van der Waals surface area contributed by atoms with Crippen molar-refractivity contribution in [1.82, 2.24) is 9.88 Å². The van der Waals surface area contributed by atoms with Crippen LogP contribution in [0.3, 0.4) is 0 Å². The monoisotopic (exact) mass is 277 g/mol. The fourth-order valence-corrected chi connectivity index (χ4v) is 2.39. The summed E-state index contributed by atoms with van der Waals surface area (Å²) in [7, 11) is 0. The second-order valence-corrected chi connectivity index (χ2v) is 5.68. The predicted molar refractivity (Wildman–Crippen MR) is 81.3 cm³/mol. The van der Waals surface area contributed by atoms with Gasteiger partial charge < -0.3 is 15.4 Å². The molecule has 0 amide bonds. The van der Waals surface area contributed by atoms with Crippen LogP contribution in [0.1, 0.15) is 31.9 Å². The highest BCUT2D eigenvalue weighted by Crippen LogP contribution is 2.29. The van der Waals surface area contributed by atoms with Crippen molar-refractivity contribution in [3.63, 3.8) is 0 Å². The molecule has 1 aliphatic carbocycles. The molecule has 0 bridgehead atoms. The van der Waals surface area contributed by atoms with Crippen molar-refractivity contribution in [2.45, 2.75) is 38.8 Å². The van der Waals surface area contributed by atoms with Crippen LogP contribution in [0.15, 0.2) is 24.4 Å². The molecule has 1 heterocycles. The number of pyridine rings is 1. The Bertz CT molecular complexity index is 367. The van der Waals surface area contributed by atoms with Crippen molar-refractivity contribution < 1.29 is 4.74 Å². The molecule has 1 saturated carbocycles. The van der Waals surface area contributed by atoms with E-state index in [-0.39, 0.29) is 6.23 Å². The van der Waals surface area contributed by atoms with Gasteiger partial charge in [-0.1, -0.05) is 13.0 Å². The molecule has 1 unspecified atom stereocenters. The highest BCUT2D eigenvalue weighted by atomic mass is 16.5. The lowest BCUT2D eigenvalue weighted by Crippen LogP contribution is -2.34. The Morgan fingerprint density at radius 1 is 1.40 bits per heavy atom. The smallest absolute Gasteiger partial charge is 0.111 e. The third-order valence-corrected chi connectivity index (χ3v) is 3.63. The van der Waals surface area contributed by atoms with Crippen molar-refractivity contribution in [3.05, 3.63) is 30.1 Å². The first-order valence-corrected chi connectivity index (χ1v) is 7.77. The van der Waals surface area contributed by atoms with E-state index < -0.39 is 0 Å². The van der Waals surface area contributed by atoms with Gasteiger partial charge >= 0.3 is 0 Å². The number of hydrogen-bond acceptors (Lipinski definition) is 4. The highest BCUT2D eigenvalue weighted by molar-refractivity contribution is 5.04. The van der Waals surface area contributed by atoms with Crippen LogP contribution in [0.25, 0.3) is 0 Å². The molecule has 0 spiro atoms. The maximum Gasteiger partial charge on any atom is 0.111 e. The van der Waals surface area contributed by atoms with Crippen LogP contribution in [0.5, 0.6) is 0 Å². The minimum Gasteiger partial charge on any atom is -0.362 e. The van der Waals surface area contributed by atoms with Gasteiger partial charge in [0.15, 0.2) is 0 Å². The van der Waals surface area contributed by atoms with Gasteiger partial charge in [0.05, 0.1) is 6.61 Å². The van der Waals surface area contributed by atoms with Gasteiger partial charge in [0.1, 0.15) is 6.23 Å². The highest BCUT2D eigenvalue weighted by Gasteiger charge is 2.23. The van der Waals surface area contributed by atoms with Crippen molar-refractivity contribution in [2.24, 2.45) is 11.7 Å². The van der Waals surface area contributed by atoms with E-state index in [1.807, 2.05) is 18.2 Å². The summed E-state index contributed by atoms with van der Waals surface area (Å²) in [6.45, 7) is 6.32. The van der Waals surface area contributed by atoms with Crippen molar-refractivity contribution in [3.8, 4) is 0 Å². The molecule has 0 radical (unpaired) electrons. The van der Waals surface area contributed by atoms with E-state index in [9.17, 15) is 0 Å². The average molecular weight is 277 g/mol. The molecule has 4 nitrogen and oxygen atoms in total. The van der Waals surface area contributed by atoms with Crippen LogP contribution in [-0.2, 0) is 11.2 Å². The maximum absolute atomic E-state index is 6.00. The van der Waals surface area contributed by atoms with Crippen LogP contribution >= 0.6 is 0 Å². The molecular weight excluding hydrogens is 250 g/mol. The number of nitrogens with two attached hydrogens (primary N) is 1. The van der Waals surface area contributed by atoms with E-state index in [2.05, 4.69) is 16.8 Å². The van der Waals surface area contributed by atoms with Crippen molar-refractivity contribution >= 4 is 0 Å². The fourth-order valence-electron chi connectivity index (χ4n) is 2.39. The first-order valence-electron chi connectivity index (χ1n) is 7.77. The summed E-state index contributed by atoms with van der Waals surface area (Å²) in [6.07, 6.45) is 6.22. The van der Waals surface area contributed by atoms with Gasteiger partial charge in [0.25, 0.3) is 0 Å². The summed E-state index contributed by atoms with van der Waals surface area (Å²) in [4.78, 5) is 6.77. The van der Waals surface area contributed by atoms with E-state index in [1.165, 1.54) is 25.8 Å². The van der Waals surface area contributed by atoms with Gasteiger partial charge in [-0.3, -0.25) is 4.98 Å². The SMILES string of the molecule is CCCN(CCOC(N)Cc1ccccn1)CC1CC1. The zero-order valence-corrected chi connectivity index (χ0v) is 12.5. The molecule has 4 heteroatoms. The molecule has 1 fully saturated rings. The number of aromatic nitrogens is 1. The molecular formula is C16H27N3O. The minimum absolute atomic E-state index is 0.255. The largest absolute Gasteiger partial charge is 0.362 e. The van der Waals surface area contributed by atoms with Gasteiger partial charge in [-0.25, -0.2) is 0 Å². The molecule has 1 aliphatic rings. The lowest BCUT2D eigenvalue weighted by Gasteiger charge is -2.22. The van der Waals surface area contributed by atoms with Crippen molar-refractivity contribution in [1.29, 1.82) is 0 Å². The number of ether oxygens (including phenoxy) is 1. The van der Waals surface area contributed by atoms with Crippen molar-refractivity contribution in [2.75, 3.05) is 26.2 Å². The Morgan fingerprint density at radius 2 is 2.25 bits per heavy atom. The quantitative estimate of drug-likeness (QED) is 0.665. The lowest BCUT2D eigenvalue weighted by atomic mass is 10.2. The zero-order valence-electron chi connectivity index (χ0n) is 12.5. The molecule has 0 aliphatic heterocycles. The molecule has 2 N–H and O–H groups in total. The lowest BCUT2D eigenvalue weighted by molar-refractivity contribution is 0.0402. The minimum atomic E-state index is -0.255. The standard InChI is InChI=1S/C16H27N3O/c1-2-9-19(13-14-6-7-14)10-11-20-16(17)12-15-5-3-4-8-18-15/h3-5,8,14,16H,2,6-7,9-13,17H2,1H3. The second-order valence-electron chi connectivity index (χ2n) is 5.68. The Labute approximate surface area is 122 Å². The molecule has 112 valence electrons. The summed E-state index contributed by atoms with van der Waals surface area (Å²) < 4.78 is 5.72. The Hall–Kier alpha value is -0.970. The fraction of sp³-hybridized carbons (Fsp3) is 0.688. The Balaban J connectivity index is 1.62. The molecule has 20 heavy (non-hydrogen) atoms. The van der Waals surface area contributed by atoms with Crippen LogP contribution < -0.4 is 5.73 Å². The number of nitrogens with zero attached hydrogens (tertiary/aromatic N) is 2. The van der Waals surface area contributed by atoms with E-state index in [1.54, 1.807) is 6.20 Å². The molecule has 0 saturated heterocycles.